The molecule has 1 N–H and O–H groups in total. The van der Waals surface area contributed by atoms with E-state index in [4.69, 9.17) is 9.15 Å². The summed E-state index contributed by atoms with van der Waals surface area (Å²) < 4.78 is 10.8. The second kappa shape index (κ2) is 9.53. The number of hydrogen-bond acceptors (Lipinski definition) is 5. The summed E-state index contributed by atoms with van der Waals surface area (Å²) in [7, 11) is 0. The normalized spacial score (nSPS) is 21.9. The lowest BCUT2D eigenvalue weighted by Crippen LogP contribution is -2.57. The van der Waals surface area contributed by atoms with Crippen molar-refractivity contribution in [3.05, 3.63) is 72.2 Å². The highest BCUT2D eigenvalue weighted by Crippen LogP contribution is 2.31. The smallest absolute Gasteiger partial charge is 0.255 e. The number of carbonyl (C=O) groups excluding carboxylic acids is 2. The van der Waals surface area contributed by atoms with Gasteiger partial charge in [0.05, 0.1) is 30.6 Å². The lowest BCUT2D eigenvalue weighted by molar-refractivity contribution is -0.137. The van der Waals surface area contributed by atoms with Crippen molar-refractivity contribution in [3.8, 4) is 0 Å². The Morgan fingerprint density at radius 1 is 1.27 bits per heavy atom. The number of likely N-dealkylation sites (tertiary alicyclic amines) is 1. The molecule has 1 aromatic carbocycles. The summed E-state index contributed by atoms with van der Waals surface area (Å²) >= 11 is 1.63. The number of nitrogens with one attached hydrogen (secondary N) is 1. The maximum Gasteiger partial charge on any atom is 0.255 e. The van der Waals surface area contributed by atoms with Gasteiger partial charge < -0.3 is 19.4 Å². The van der Waals surface area contributed by atoms with Gasteiger partial charge in [0.2, 0.25) is 5.91 Å². The Balaban J connectivity index is 1.47. The van der Waals surface area contributed by atoms with Crippen LogP contribution in [0.25, 0.3) is 0 Å². The third-order valence-electron chi connectivity index (χ3n) is 5.54. The summed E-state index contributed by atoms with van der Waals surface area (Å²) in [4.78, 5) is 28.0. The summed E-state index contributed by atoms with van der Waals surface area (Å²) in [5, 5.41) is 2.92. The van der Waals surface area contributed by atoms with Gasteiger partial charge in [-0.2, -0.15) is 11.8 Å². The summed E-state index contributed by atoms with van der Waals surface area (Å²) in [5.41, 5.74) is 2.53. The van der Waals surface area contributed by atoms with E-state index in [-0.39, 0.29) is 24.0 Å². The van der Waals surface area contributed by atoms with Crippen molar-refractivity contribution in [2.24, 2.45) is 0 Å². The number of furan rings is 1. The predicted octanol–water partition coefficient (Wildman–Crippen LogP) is 3.26. The van der Waals surface area contributed by atoms with E-state index in [2.05, 4.69) is 24.0 Å². The summed E-state index contributed by atoms with van der Waals surface area (Å²) in [6.07, 6.45) is 4.67. The molecule has 4 rings (SSSR count). The highest BCUT2D eigenvalue weighted by atomic mass is 32.2. The molecule has 0 spiro atoms. The number of rotatable bonds is 7. The molecule has 0 aliphatic carbocycles. The highest BCUT2D eigenvalue weighted by Gasteiger charge is 2.42. The third kappa shape index (κ3) is 4.63. The molecule has 3 atom stereocenters. The van der Waals surface area contributed by atoms with Gasteiger partial charge in [0.25, 0.3) is 5.91 Å². The Kier molecular flexibility index (Phi) is 6.59. The molecule has 30 heavy (non-hydrogen) atoms. The number of amides is 2. The summed E-state index contributed by atoms with van der Waals surface area (Å²) in [6.45, 7) is 5.26. The Labute approximate surface area is 180 Å². The van der Waals surface area contributed by atoms with Crippen molar-refractivity contribution in [2.75, 3.05) is 18.9 Å². The predicted molar refractivity (Wildman–Crippen MR) is 116 cm³/mol. The number of hydrogen-bond donors (Lipinski definition) is 1. The van der Waals surface area contributed by atoms with E-state index in [0.29, 0.717) is 24.5 Å². The van der Waals surface area contributed by atoms with Crippen molar-refractivity contribution in [1.29, 1.82) is 0 Å². The van der Waals surface area contributed by atoms with E-state index >= 15 is 0 Å². The van der Waals surface area contributed by atoms with Gasteiger partial charge in [-0.05, 0) is 30.0 Å². The number of thioether (sulfide) groups is 1. The first-order valence-corrected chi connectivity index (χ1v) is 11.3. The monoisotopic (exact) mass is 426 g/mol. The van der Waals surface area contributed by atoms with Crippen LogP contribution in [0.5, 0.6) is 0 Å². The van der Waals surface area contributed by atoms with Crippen LogP contribution in [0.4, 0.5) is 0 Å². The lowest BCUT2D eigenvalue weighted by Gasteiger charge is -2.39. The first-order valence-electron chi connectivity index (χ1n) is 10.2. The minimum atomic E-state index is -0.631. The lowest BCUT2D eigenvalue weighted by atomic mass is 9.95. The van der Waals surface area contributed by atoms with E-state index in [1.54, 1.807) is 17.8 Å². The van der Waals surface area contributed by atoms with Crippen LogP contribution in [0.15, 0.2) is 65.5 Å². The third-order valence-corrected chi connectivity index (χ3v) is 6.65. The first-order chi connectivity index (χ1) is 14.6. The van der Waals surface area contributed by atoms with Crippen LogP contribution in [0.2, 0.25) is 0 Å². The molecule has 0 bridgehead atoms. The summed E-state index contributed by atoms with van der Waals surface area (Å²) in [5.74, 6) is 0.873. The topological polar surface area (TPSA) is 71.8 Å². The molecule has 0 radical (unpaired) electrons. The molecule has 3 heterocycles. The first kappa shape index (κ1) is 20.8. The maximum atomic E-state index is 13.5. The second-order valence-corrected chi connectivity index (χ2v) is 8.70. The van der Waals surface area contributed by atoms with E-state index < -0.39 is 6.04 Å². The fraction of sp³-hybridized carbons (Fsp3) is 0.391. The van der Waals surface area contributed by atoms with Crippen molar-refractivity contribution in [3.63, 3.8) is 0 Å². The van der Waals surface area contributed by atoms with E-state index in [1.165, 1.54) is 18.1 Å². The number of nitrogens with zero attached hydrogens (tertiary/aromatic N) is 1. The molecule has 2 aromatic rings. The zero-order valence-corrected chi connectivity index (χ0v) is 17.6. The maximum absolute atomic E-state index is 13.5. The van der Waals surface area contributed by atoms with E-state index in [1.807, 2.05) is 23.1 Å². The molecule has 6 nitrogen and oxygen atoms in total. The zero-order valence-electron chi connectivity index (χ0n) is 16.8. The minimum absolute atomic E-state index is 0.0115. The van der Waals surface area contributed by atoms with Crippen LogP contribution >= 0.6 is 11.8 Å². The average Bonchev–Trinajstić information content (AvgIpc) is 3.44. The molecule has 2 fully saturated rings. The SMILES string of the molecule is C=C1CO[C@@H]2CCCN(C(=O)[C@H](CSCc3ccccc3)NC(=O)c3ccoc3)[C@H]12. The molecule has 7 heteroatoms. The Bertz CT molecular complexity index is 884. The van der Waals surface area contributed by atoms with Gasteiger partial charge in [0.15, 0.2) is 0 Å². The van der Waals surface area contributed by atoms with Crippen LogP contribution in [-0.4, -0.2) is 53.8 Å². The fourth-order valence-electron chi connectivity index (χ4n) is 4.04. The fourth-order valence-corrected chi connectivity index (χ4v) is 5.05. The van der Waals surface area contributed by atoms with Gasteiger partial charge in [-0.1, -0.05) is 36.9 Å². The molecule has 2 aliphatic rings. The largest absolute Gasteiger partial charge is 0.472 e. The Morgan fingerprint density at radius 2 is 2.10 bits per heavy atom. The van der Waals surface area contributed by atoms with E-state index in [9.17, 15) is 9.59 Å². The van der Waals surface area contributed by atoms with E-state index in [0.717, 1.165) is 24.2 Å². The van der Waals surface area contributed by atoms with Crippen LogP contribution in [0.3, 0.4) is 0 Å². The van der Waals surface area contributed by atoms with Gasteiger partial charge in [-0.3, -0.25) is 9.59 Å². The molecule has 2 aliphatic heterocycles. The van der Waals surface area contributed by atoms with Gasteiger partial charge in [-0.15, -0.1) is 0 Å². The second-order valence-electron chi connectivity index (χ2n) is 7.67. The number of piperidine rings is 1. The molecular weight excluding hydrogens is 400 g/mol. The molecular formula is C23H26N2O4S. The standard InChI is InChI=1S/C23H26N2O4S/c1-16-12-29-20-8-5-10-25(21(16)20)23(27)19(24-22(26)18-9-11-28-13-18)15-30-14-17-6-3-2-4-7-17/h2-4,6-7,9,11,13,19-21H,1,5,8,10,12,14-15H2,(H,24,26)/t19-,20+,21+/m0/s1. The van der Waals surface area contributed by atoms with Crippen molar-refractivity contribution >= 4 is 23.6 Å². The van der Waals surface area contributed by atoms with Crippen molar-refractivity contribution < 1.29 is 18.7 Å². The van der Waals surface area contributed by atoms with Gasteiger partial charge in [0, 0.05) is 18.1 Å². The Hall–Kier alpha value is -2.51. The molecule has 2 saturated heterocycles. The highest BCUT2D eigenvalue weighted by molar-refractivity contribution is 7.98. The van der Waals surface area contributed by atoms with Crippen LogP contribution in [-0.2, 0) is 15.3 Å². The quantitative estimate of drug-likeness (QED) is 0.688. The Morgan fingerprint density at radius 3 is 2.87 bits per heavy atom. The number of benzene rings is 1. The molecule has 158 valence electrons. The molecule has 1 aromatic heterocycles. The van der Waals surface area contributed by atoms with Gasteiger partial charge >= 0.3 is 0 Å². The zero-order chi connectivity index (χ0) is 20.9. The van der Waals surface area contributed by atoms with Gasteiger partial charge in [-0.25, -0.2) is 0 Å². The minimum Gasteiger partial charge on any atom is -0.472 e. The number of carbonyl (C=O) groups is 2. The van der Waals surface area contributed by atoms with Crippen molar-refractivity contribution in [2.45, 2.75) is 36.8 Å². The summed E-state index contributed by atoms with van der Waals surface area (Å²) in [6, 6.07) is 11.0. The molecule has 2 amide bonds. The van der Waals surface area contributed by atoms with Crippen molar-refractivity contribution in [1.82, 2.24) is 10.2 Å². The van der Waals surface area contributed by atoms with Gasteiger partial charge in [0.1, 0.15) is 12.3 Å². The average molecular weight is 427 g/mol. The van der Waals surface area contributed by atoms with Crippen LogP contribution in [0.1, 0.15) is 28.8 Å². The molecule has 0 saturated carbocycles. The number of fused-ring (bicyclic) bond motifs is 1. The van der Waals surface area contributed by atoms with Crippen LogP contribution in [0, 0.1) is 0 Å². The van der Waals surface area contributed by atoms with Crippen LogP contribution < -0.4 is 5.32 Å². The molecule has 0 unspecified atom stereocenters. The number of ether oxygens (including phenoxy) is 1.